The van der Waals surface area contributed by atoms with Crippen LogP contribution in [0.4, 0.5) is 0 Å². The quantitative estimate of drug-likeness (QED) is 0.511. The third-order valence-electron chi connectivity index (χ3n) is 3.71. The first-order valence-electron chi connectivity index (χ1n) is 7.42. The molecular formula is C19H28. The molecule has 0 N–H and O–H groups in total. The van der Waals surface area contributed by atoms with Crippen LogP contribution in [0.3, 0.4) is 0 Å². The molecule has 1 aromatic rings. The number of unbranched alkanes of at least 4 members (excludes halogenated alkanes) is 3. The highest BCUT2D eigenvalue weighted by molar-refractivity contribution is 5.74. The molecule has 0 nitrogen and oxygen atoms in total. The van der Waals surface area contributed by atoms with Crippen LogP contribution in [0.25, 0.3) is 11.1 Å². The van der Waals surface area contributed by atoms with E-state index in [4.69, 9.17) is 0 Å². The smallest absolute Gasteiger partial charge is 0.0195 e. The molecule has 1 aromatic carbocycles. The van der Waals surface area contributed by atoms with Crippen molar-refractivity contribution in [1.82, 2.24) is 0 Å². The summed E-state index contributed by atoms with van der Waals surface area (Å²) < 4.78 is 0. The Hall–Kier alpha value is -1.30. The van der Waals surface area contributed by atoms with E-state index in [-0.39, 0.29) is 0 Å². The Kier molecular flexibility index (Phi) is 6.08. The zero-order valence-electron chi connectivity index (χ0n) is 13.1. The van der Waals surface area contributed by atoms with Crippen LogP contribution < -0.4 is 0 Å². The maximum absolute atomic E-state index is 4.11. The molecule has 0 aromatic heterocycles. The van der Waals surface area contributed by atoms with E-state index in [0.717, 1.165) is 11.1 Å². The summed E-state index contributed by atoms with van der Waals surface area (Å²) in [5, 5.41) is 0. The van der Waals surface area contributed by atoms with Gasteiger partial charge < -0.3 is 0 Å². The lowest BCUT2D eigenvalue weighted by molar-refractivity contribution is 0.666. The van der Waals surface area contributed by atoms with Gasteiger partial charge in [0.2, 0.25) is 0 Å². The molecular weight excluding hydrogens is 228 g/mol. The highest BCUT2D eigenvalue weighted by Gasteiger charge is 2.08. The number of rotatable bonds is 7. The number of aryl methyl sites for hydroxylation is 1. The lowest BCUT2D eigenvalue weighted by Crippen LogP contribution is -1.96. The van der Waals surface area contributed by atoms with Gasteiger partial charge in [-0.15, -0.1) is 0 Å². The highest BCUT2D eigenvalue weighted by Crippen LogP contribution is 2.27. The van der Waals surface area contributed by atoms with Crippen LogP contribution in [0.5, 0.6) is 0 Å². The van der Waals surface area contributed by atoms with Gasteiger partial charge in [-0.05, 0) is 55.9 Å². The van der Waals surface area contributed by atoms with Crippen molar-refractivity contribution >= 4 is 11.1 Å². The van der Waals surface area contributed by atoms with Crippen molar-refractivity contribution in [3.63, 3.8) is 0 Å². The van der Waals surface area contributed by atoms with Crippen molar-refractivity contribution in [2.24, 2.45) is 0 Å². The summed E-state index contributed by atoms with van der Waals surface area (Å²) in [4.78, 5) is 0. The van der Waals surface area contributed by atoms with E-state index in [1.165, 1.54) is 54.4 Å². The molecule has 0 saturated carbocycles. The van der Waals surface area contributed by atoms with Crippen LogP contribution in [-0.2, 0) is 6.42 Å². The summed E-state index contributed by atoms with van der Waals surface area (Å²) in [6, 6.07) is 4.63. The molecule has 0 aliphatic heterocycles. The standard InChI is InChI=1S/C19H28/c1-7-8-9-10-11-17-12-18(14(2)3)16(6)19(13-17)15(4)5/h12-13H,2,4,7-11H2,1,3,5-6H3. The molecule has 0 heterocycles. The molecule has 0 fully saturated rings. The summed E-state index contributed by atoms with van der Waals surface area (Å²) in [5.74, 6) is 0. The van der Waals surface area contributed by atoms with Gasteiger partial charge in [0.05, 0.1) is 0 Å². The predicted molar refractivity (Wildman–Crippen MR) is 88.4 cm³/mol. The Balaban J connectivity index is 2.99. The zero-order chi connectivity index (χ0) is 14.4. The van der Waals surface area contributed by atoms with Gasteiger partial charge in [0.1, 0.15) is 0 Å². The molecule has 104 valence electrons. The molecule has 0 heteroatoms. The van der Waals surface area contributed by atoms with E-state index < -0.39 is 0 Å². The van der Waals surface area contributed by atoms with Gasteiger partial charge in [0.25, 0.3) is 0 Å². The Bertz CT molecular complexity index is 428. The Morgan fingerprint density at radius 3 is 1.89 bits per heavy atom. The maximum Gasteiger partial charge on any atom is -0.0195 e. The van der Waals surface area contributed by atoms with Crippen LogP contribution in [-0.4, -0.2) is 0 Å². The van der Waals surface area contributed by atoms with E-state index in [2.05, 4.69) is 53.0 Å². The first kappa shape index (κ1) is 15.8. The van der Waals surface area contributed by atoms with Gasteiger partial charge in [0, 0.05) is 0 Å². The van der Waals surface area contributed by atoms with Crippen LogP contribution >= 0.6 is 0 Å². The fourth-order valence-corrected chi connectivity index (χ4v) is 2.56. The summed E-state index contributed by atoms with van der Waals surface area (Å²) in [6.45, 7) is 16.8. The Morgan fingerprint density at radius 1 is 0.947 bits per heavy atom. The highest BCUT2D eigenvalue weighted by atomic mass is 14.1. The Labute approximate surface area is 119 Å². The van der Waals surface area contributed by atoms with E-state index in [1.807, 2.05) is 0 Å². The van der Waals surface area contributed by atoms with Crippen molar-refractivity contribution in [3.05, 3.63) is 47.5 Å². The van der Waals surface area contributed by atoms with Crippen LogP contribution in [0.1, 0.15) is 68.7 Å². The molecule has 0 radical (unpaired) electrons. The second-order valence-electron chi connectivity index (χ2n) is 5.69. The molecule has 0 amide bonds. The summed E-state index contributed by atoms with van der Waals surface area (Å²) in [5.41, 5.74) is 7.64. The predicted octanol–water partition coefficient (Wildman–Crippen LogP) is 6.18. The van der Waals surface area contributed by atoms with Crippen LogP contribution in [0, 0.1) is 6.92 Å². The van der Waals surface area contributed by atoms with Crippen molar-refractivity contribution in [3.8, 4) is 0 Å². The fourth-order valence-electron chi connectivity index (χ4n) is 2.56. The first-order valence-corrected chi connectivity index (χ1v) is 7.42. The minimum atomic E-state index is 1.15. The summed E-state index contributed by atoms with van der Waals surface area (Å²) >= 11 is 0. The van der Waals surface area contributed by atoms with Gasteiger partial charge in [-0.1, -0.05) is 62.6 Å². The molecule has 0 atom stereocenters. The SMILES string of the molecule is C=C(C)c1cc(CCCCCC)cc(C(=C)C)c1C. The van der Waals surface area contributed by atoms with Gasteiger partial charge in [0.15, 0.2) is 0 Å². The van der Waals surface area contributed by atoms with Gasteiger partial charge in [-0.2, -0.15) is 0 Å². The van der Waals surface area contributed by atoms with E-state index >= 15 is 0 Å². The lowest BCUT2D eigenvalue weighted by atomic mass is 9.90. The number of benzene rings is 1. The van der Waals surface area contributed by atoms with E-state index in [9.17, 15) is 0 Å². The maximum atomic E-state index is 4.11. The van der Waals surface area contributed by atoms with Crippen molar-refractivity contribution < 1.29 is 0 Å². The molecule has 1 rings (SSSR count). The van der Waals surface area contributed by atoms with Gasteiger partial charge in [-0.3, -0.25) is 0 Å². The van der Waals surface area contributed by atoms with Crippen LogP contribution in [0.15, 0.2) is 25.3 Å². The molecule has 0 spiro atoms. The van der Waals surface area contributed by atoms with Crippen LogP contribution in [0.2, 0.25) is 0 Å². The summed E-state index contributed by atoms with van der Waals surface area (Å²) in [6.07, 6.45) is 6.41. The normalized spacial score (nSPS) is 10.5. The minimum absolute atomic E-state index is 1.15. The summed E-state index contributed by atoms with van der Waals surface area (Å²) in [7, 11) is 0. The monoisotopic (exact) mass is 256 g/mol. The topological polar surface area (TPSA) is 0 Å². The third-order valence-corrected chi connectivity index (χ3v) is 3.71. The van der Waals surface area contributed by atoms with Crippen molar-refractivity contribution in [1.29, 1.82) is 0 Å². The second kappa shape index (κ2) is 7.33. The fraction of sp³-hybridized carbons (Fsp3) is 0.474. The molecule has 0 aliphatic carbocycles. The molecule has 19 heavy (non-hydrogen) atoms. The number of hydrogen-bond acceptors (Lipinski definition) is 0. The van der Waals surface area contributed by atoms with Gasteiger partial charge >= 0.3 is 0 Å². The zero-order valence-corrected chi connectivity index (χ0v) is 13.1. The molecule has 0 saturated heterocycles. The second-order valence-corrected chi connectivity index (χ2v) is 5.69. The van der Waals surface area contributed by atoms with E-state index in [1.54, 1.807) is 0 Å². The molecule has 0 unspecified atom stereocenters. The number of hydrogen-bond donors (Lipinski definition) is 0. The average Bonchev–Trinajstić information content (AvgIpc) is 2.35. The number of allylic oxidation sites excluding steroid dienone is 2. The third kappa shape index (κ3) is 4.38. The van der Waals surface area contributed by atoms with Crippen molar-refractivity contribution in [2.45, 2.75) is 59.8 Å². The lowest BCUT2D eigenvalue weighted by Gasteiger charge is -2.15. The Morgan fingerprint density at radius 2 is 1.47 bits per heavy atom. The molecule has 0 aliphatic rings. The minimum Gasteiger partial charge on any atom is -0.0955 e. The average molecular weight is 256 g/mol. The first-order chi connectivity index (χ1) is 8.97. The molecule has 0 bridgehead atoms. The van der Waals surface area contributed by atoms with Gasteiger partial charge in [-0.25, -0.2) is 0 Å². The van der Waals surface area contributed by atoms with E-state index in [0.29, 0.717) is 0 Å². The van der Waals surface area contributed by atoms with Crippen molar-refractivity contribution in [2.75, 3.05) is 0 Å². The largest absolute Gasteiger partial charge is 0.0955 e.